The minimum atomic E-state index is -1.59. The fraction of sp³-hybridized carbons (Fsp3) is 0.471. The summed E-state index contributed by atoms with van der Waals surface area (Å²) in [5.41, 5.74) is 11.6. The predicted octanol–water partition coefficient (Wildman–Crippen LogP) is 3.61. The molecule has 1 aromatic carbocycles. The predicted molar refractivity (Wildman–Crippen MR) is 93.8 cm³/mol. The summed E-state index contributed by atoms with van der Waals surface area (Å²) < 4.78 is 0. The highest BCUT2D eigenvalue weighted by Gasteiger charge is 2.39. The summed E-state index contributed by atoms with van der Waals surface area (Å²) in [6, 6.07) is 6.27. The fourth-order valence-corrected chi connectivity index (χ4v) is 3.71. The van der Waals surface area contributed by atoms with Gasteiger partial charge in [0.15, 0.2) is 0 Å². The largest absolute Gasteiger partial charge is 0.399 e. The molecular weight excluding hydrogens is 274 g/mol. The molecule has 0 radical (unpaired) electrons. The summed E-state index contributed by atoms with van der Waals surface area (Å²) >= 11 is 0. The van der Waals surface area contributed by atoms with Gasteiger partial charge in [0.1, 0.15) is 8.07 Å². The normalized spacial score (nSPS) is 12.7. The van der Waals surface area contributed by atoms with Crippen molar-refractivity contribution in [2.45, 2.75) is 52.2 Å². The van der Waals surface area contributed by atoms with Gasteiger partial charge in [0, 0.05) is 24.0 Å². The number of benzene rings is 1. The number of aromatic nitrogens is 2. The Balaban J connectivity index is 2.22. The zero-order chi connectivity index (χ0) is 15.8. The van der Waals surface area contributed by atoms with E-state index in [9.17, 15) is 0 Å². The Hall–Kier alpha value is -1.55. The standard InChI is InChI=1S/C17H27N3Si/c1-12-7-8-13(10-15(12)18)9-14-11-19-16(20-14)21(5,6)17(2,3)4/h7-8,10-11H,9,18H2,1-6H3,(H,19,20). The Labute approximate surface area is 129 Å². The number of imidazole rings is 1. The lowest BCUT2D eigenvalue weighted by Crippen LogP contribution is -2.51. The summed E-state index contributed by atoms with van der Waals surface area (Å²) in [7, 11) is -1.59. The number of nitrogens with zero attached hydrogens (tertiary/aromatic N) is 1. The molecule has 0 saturated heterocycles. The smallest absolute Gasteiger partial charge is 0.131 e. The van der Waals surface area contributed by atoms with Gasteiger partial charge in [-0.25, -0.2) is 4.98 Å². The minimum absolute atomic E-state index is 0.288. The van der Waals surface area contributed by atoms with Crippen molar-refractivity contribution in [1.82, 2.24) is 9.97 Å². The van der Waals surface area contributed by atoms with Gasteiger partial charge in [0.25, 0.3) is 0 Å². The summed E-state index contributed by atoms with van der Waals surface area (Å²) in [5.74, 6) is 0. The van der Waals surface area contributed by atoms with Crippen LogP contribution in [0.5, 0.6) is 0 Å². The number of anilines is 1. The molecule has 0 aliphatic rings. The highest BCUT2D eigenvalue weighted by atomic mass is 28.3. The lowest BCUT2D eigenvalue weighted by atomic mass is 10.1. The van der Waals surface area contributed by atoms with E-state index in [0.717, 1.165) is 23.4 Å². The molecule has 3 N–H and O–H groups in total. The lowest BCUT2D eigenvalue weighted by Gasteiger charge is -2.34. The van der Waals surface area contributed by atoms with Gasteiger partial charge >= 0.3 is 0 Å². The van der Waals surface area contributed by atoms with Gasteiger partial charge < -0.3 is 10.7 Å². The third-order valence-electron chi connectivity index (χ3n) is 4.83. The molecule has 1 heterocycles. The first-order valence-electron chi connectivity index (χ1n) is 7.50. The molecule has 2 rings (SSSR count). The number of H-pyrrole nitrogens is 1. The lowest BCUT2D eigenvalue weighted by molar-refractivity contribution is 0.727. The molecule has 1 aromatic heterocycles. The number of nitrogen functional groups attached to an aromatic ring is 1. The molecule has 0 spiro atoms. The second-order valence-corrected chi connectivity index (χ2v) is 12.7. The Morgan fingerprint density at radius 2 is 1.90 bits per heavy atom. The van der Waals surface area contributed by atoms with Crippen LogP contribution in [0.15, 0.2) is 24.4 Å². The molecular formula is C17H27N3Si. The van der Waals surface area contributed by atoms with Crippen molar-refractivity contribution in [2.75, 3.05) is 5.73 Å². The maximum Gasteiger partial charge on any atom is 0.131 e. The molecule has 0 saturated carbocycles. The van der Waals surface area contributed by atoms with Gasteiger partial charge in [-0.1, -0.05) is 46.0 Å². The molecule has 0 bridgehead atoms. The van der Waals surface area contributed by atoms with Crippen LogP contribution in [0.4, 0.5) is 5.69 Å². The molecule has 0 aliphatic heterocycles. The Morgan fingerprint density at radius 1 is 1.24 bits per heavy atom. The van der Waals surface area contributed by atoms with E-state index in [1.54, 1.807) is 0 Å². The maximum absolute atomic E-state index is 5.99. The van der Waals surface area contributed by atoms with Crippen LogP contribution in [-0.4, -0.2) is 18.0 Å². The summed E-state index contributed by atoms with van der Waals surface area (Å²) in [5, 5.41) is 0.288. The molecule has 0 aliphatic carbocycles. The number of hydrogen-bond acceptors (Lipinski definition) is 2. The highest BCUT2D eigenvalue weighted by Crippen LogP contribution is 2.34. The van der Waals surface area contributed by atoms with E-state index < -0.39 is 8.07 Å². The van der Waals surface area contributed by atoms with E-state index in [-0.39, 0.29) is 5.04 Å². The first-order valence-corrected chi connectivity index (χ1v) is 10.5. The van der Waals surface area contributed by atoms with Crippen molar-refractivity contribution in [3.05, 3.63) is 41.2 Å². The van der Waals surface area contributed by atoms with Crippen LogP contribution in [0, 0.1) is 6.92 Å². The zero-order valence-corrected chi connectivity index (χ0v) is 15.0. The van der Waals surface area contributed by atoms with E-state index in [4.69, 9.17) is 5.73 Å². The van der Waals surface area contributed by atoms with Gasteiger partial charge in [0.05, 0.1) is 5.45 Å². The minimum Gasteiger partial charge on any atom is -0.399 e. The molecule has 0 amide bonds. The molecule has 0 fully saturated rings. The van der Waals surface area contributed by atoms with Gasteiger partial charge in [0.2, 0.25) is 0 Å². The number of aryl methyl sites for hydroxylation is 1. The molecule has 2 aromatic rings. The Kier molecular flexibility index (Phi) is 4.02. The first kappa shape index (κ1) is 15.8. The van der Waals surface area contributed by atoms with E-state index in [1.807, 2.05) is 13.1 Å². The van der Waals surface area contributed by atoms with E-state index in [2.05, 4.69) is 62.0 Å². The number of aromatic amines is 1. The van der Waals surface area contributed by atoms with Crippen LogP contribution in [-0.2, 0) is 6.42 Å². The van der Waals surface area contributed by atoms with E-state index >= 15 is 0 Å². The van der Waals surface area contributed by atoms with E-state index in [1.165, 1.54) is 11.0 Å². The third-order valence-corrected chi connectivity index (χ3v) is 10.0. The highest BCUT2D eigenvalue weighted by molar-refractivity contribution is 6.90. The number of rotatable bonds is 3. The fourth-order valence-electron chi connectivity index (χ4n) is 2.14. The van der Waals surface area contributed by atoms with Gasteiger partial charge in [-0.15, -0.1) is 0 Å². The van der Waals surface area contributed by atoms with Crippen molar-refractivity contribution < 1.29 is 0 Å². The van der Waals surface area contributed by atoms with Crippen LogP contribution in [0.1, 0.15) is 37.6 Å². The van der Waals surface area contributed by atoms with Crippen molar-refractivity contribution in [1.29, 1.82) is 0 Å². The van der Waals surface area contributed by atoms with Crippen LogP contribution in [0.25, 0.3) is 0 Å². The Morgan fingerprint density at radius 3 is 2.48 bits per heavy atom. The quantitative estimate of drug-likeness (QED) is 0.672. The number of nitrogens with two attached hydrogens (primary N) is 1. The molecule has 114 valence electrons. The molecule has 21 heavy (non-hydrogen) atoms. The topological polar surface area (TPSA) is 54.7 Å². The van der Waals surface area contributed by atoms with Gasteiger partial charge in [-0.2, -0.15) is 0 Å². The van der Waals surface area contributed by atoms with Gasteiger partial charge in [-0.3, -0.25) is 0 Å². The summed E-state index contributed by atoms with van der Waals surface area (Å²) in [4.78, 5) is 8.22. The molecule has 0 unspecified atom stereocenters. The second-order valence-electron chi connectivity index (χ2n) is 7.50. The Bertz CT molecular complexity index is 636. The maximum atomic E-state index is 5.99. The van der Waals surface area contributed by atoms with Crippen LogP contribution in [0.2, 0.25) is 18.1 Å². The van der Waals surface area contributed by atoms with Crippen molar-refractivity contribution in [3.63, 3.8) is 0 Å². The van der Waals surface area contributed by atoms with E-state index in [0.29, 0.717) is 0 Å². The summed E-state index contributed by atoms with van der Waals surface area (Å²) in [6.45, 7) is 13.7. The first-order chi connectivity index (χ1) is 9.61. The number of hydrogen-bond donors (Lipinski definition) is 2. The second kappa shape index (κ2) is 5.33. The van der Waals surface area contributed by atoms with Crippen LogP contribution < -0.4 is 11.2 Å². The molecule has 0 atom stereocenters. The third kappa shape index (κ3) is 3.21. The van der Waals surface area contributed by atoms with Crippen molar-refractivity contribution >= 4 is 19.2 Å². The molecule has 3 nitrogen and oxygen atoms in total. The average molecular weight is 302 g/mol. The van der Waals surface area contributed by atoms with Gasteiger partial charge in [-0.05, 0) is 29.2 Å². The monoisotopic (exact) mass is 301 g/mol. The average Bonchev–Trinajstić information content (AvgIpc) is 2.81. The van der Waals surface area contributed by atoms with Crippen LogP contribution >= 0.6 is 0 Å². The van der Waals surface area contributed by atoms with Crippen molar-refractivity contribution in [3.8, 4) is 0 Å². The number of nitrogens with one attached hydrogen (secondary N) is 1. The van der Waals surface area contributed by atoms with Crippen LogP contribution in [0.3, 0.4) is 0 Å². The molecule has 4 heteroatoms. The van der Waals surface area contributed by atoms with Crippen molar-refractivity contribution in [2.24, 2.45) is 0 Å². The zero-order valence-electron chi connectivity index (χ0n) is 14.0. The SMILES string of the molecule is Cc1ccc(Cc2cnc([Si](C)(C)C(C)(C)C)[nH]2)cc1N. The summed E-state index contributed by atoms with van der Waals surface area (Å²) in [6.07, 6.45) is 2.83.